The van der Waals surface area contributed by atoms with Gasteiger partial charge in [0.25, 0.3) is 0 Å². The molecule has 2 heteroatoms. The van der Waals surface area contributed by atoms with Crippen molar-refractivity contribution in [1.82, 2.24) is 0 Å². The van der Waals surface area contributed by atoms with Gasteiger partial charge >= 0.3 is 0 Å². The molecule has 0 heterocycles. The van der Waals surface area contributed by atoms with E-state index >= 15 is 0 Å². The summed E-state index contributed by atoms with van der Waals surface area (Å²) in [6.07, 6.45) is 2.07. The quantitative estimate of drug-likeness (QED) is 0.768. The van der Waals surface area contributed by atoms with Crippen LogP contribution in [0.1, 0.15) is 32.3 Å². The third-order valence-electron chi connectivity index (χ3n) is 2.80. The summed E-state index contributed by atoms with van der Waals surface area (Å²) in [7, 11) is 0. The minimum absolute atomic E-state index is 0.0937. The number of aliphatic hydroxyl groups excluding tert-OH is 1. The lowest BCUT2D eigenvalue weighted by Gasteiger charge is -2.26. The van der Waals surface area contributed by atoms with Crippen LogP contribution in [0.3, 0.4) is 0 Å². The summed E-state index contributed by atoms with van der Waals surface area (Å²) in [5.41, 5.74) is 1.09. The Balaban J connectivity index is 2.34. The van der Waals surface area contributed by atoms with Gasteiger partial charge in [-0.05, 0) is 12.0 Å². The molecular formula is C14H22O2. The zero-order chi connectivity index (χ0) is 11.9. The fourth-order valence-electron chi connectivity index (χ4n) is 1.79. The van der Waals surface area contributed by atoms with E-state index in [1.165, 1.54) is 5.56 Å². The Hall–Kier alpha value is -0.860. The van der Waals surface area contributed by atoms with Crippen LogP contribution < -0.4 is 0 Å². The molecule has 0 amide bonds. The fraction of sp³-hybridized carbons (Fsp3) is 0.571. The number of hydrogen-bond donors (Lipinski definition) is 1. The number of hydrogen-bond acceptors (Lipinski definition) is 2. The Morgan fingerprint density at radius 2 is 1.94 bits per heavy atom. The van der Waals surface area contributed by atoms with Crippen molar-refractivity contribution >= 4 is 0 Å². The van der Waals surface area contributed by atoms with Gasteiger partial charge in [-0.15, -0.1) is 0 Å². The molecule has 0 aliphatic carbocycles. The monoisotopic (exact) mass is 222 g/mol. The third-order valence-corrected chi connectivity index (χ3v) is 2.80. The van der Waals surface area contributed by atoms with Crippen molar-refractivity contribution < 1.29 is 9.84 Å². The first-order valence-electron chi connectivity index (χ1n) is 5.93. The van der Waals surface area contributed by atoms with Crippen LogP contribution in [0, 0.1) is 5.41 Å². The van der Waals surface area contributed by atoms with Crippen LogP contribution in [0.2, 0.25) is 0 Å². The summed E-state index contributed by atoms with van der Waals surface area (Å²) in [4.78, 5) is 0. The van der Waals surface area contributed by atoms with Gasteiger partial charge in [0, 0.05) is 5.41 Å². The first kappa shape index (κ1) is 13.2. The Kier molecular flexibility index (Phi) is 5.50. The highest BCUT2D eigenvalue weighted by atomic mass is 16.5. The first-order chi connectivity index (χ1) is 7.70. The van der Waals surface area contributed by atoms with Crippen molar-refractivity contribution in [3.8, 4) is 0 Å². The lowest BCUT2D eigenvalue weighted by Crippen LogP contribution is -2.27. The van der Waals surface area contributed by atoms with E-state index in [1.54, 1.807) is 0 Å². The van der Waals surface area contributed by atoms with Crippen LogP contribution in [0.4, 0.5) is 0 Å². The molecule has 0 radical (unpaired) electrons. The van der Waals surface area contributed by atoms with Gasteiger partial charge in [-0.3, -0.25) is 0 Å². The predicted molar refractivity (Wildman–Crippen MR) is 66.2 cm³/mol. The smallest absolute Gasteiger partial charge is 0.0717 e. The zero-order valence-electron chi connectivity index (χ0n) is 10.3. The summed E-state index contributed by atoms with van der Waals surface area (Å²) in [5, 5.41) is 9.33. The normalized spacial score (nSPS) is 14.7. The van der Waals surface area contributed by atoms with Gasteiger partial charge in [0.1, 0.15) is 0 Å². The average Bonchev–Trinajstić information content (AvgIpc) is 2.31. The standard InChI is InChI=1S/C14H22O2/c1-3-9-14(2,11-15)12-16-10-13-7-5-4-6-8-13/h4-8,15H,3,9-12H2,1-2H3. The van der Waals surface area contributed by atoms with Gasteiger partial charge < -0.3 is 9.84 Å². The predicted octanol–water partition coefficient (Wildman–Crippen LogP) is 3.00. The highest BCUT2D eigenvalue weighted by Gasteiger charge is 2.22. The van der Waals surface area contributed by atoms with E-state index < -0.39 is 0 Å². The van der Waals surface area contributed by atoms with E-state index in [0.29, 0.717) is 13.2 Å². The minimum atomic E-state index is -0.0937. The second kappa shape index (κ2) is 6.66. The Morgan fingerprint density at radius 1 is 1.25 bits per heavy atom. The molecule has 0 aliphatic rings. The largest absolute Gasteiger partial charge is 0.396 e. The van der Waals surface area contributed by atoms with Gasteiger partial charge in [0.15, 0.2) is 0 Å². The molecule has 1 atom stereocenters. The zero-order valence-corrected chi connectivity index (χ0v) is 10.3. The lowest BCUT2D eigenvalue weighted by molar-refractivity contribution is 0.00419. The summed E-state index contributed by atoms with van der Waals surface area (Å²) < 4.78 is 5.67. The minimum Gasteiger partial charge on any atom is -0.396 e. The van der Waals surface area contributed by atoms with Crippen molar-refractivity contribution in [2.45, 2.75) is 33.3 Å². The van der Waals surface area contributed by atoms with Crippen LogP contribution in [-0.4, -0.2) is 18.3 Å². The fourth-order valence-corrected chi connectivity index (χ4v) is 1.79. The molecule has 2 nitrogen and oxygen atoms in total. The van der Waals surface area contributed by atoms with Crippen molar-refractivity contribution in [2.75, 3.05) is 13.2 Å². The van der Waals surface area contributed by atoms with Gasteiger partial charge in [0.2, 0.25) is 0 Å². The maximum Gasteiger partial charge on any atom is 0.0717 e. The number of rotatable bonds is 7. The van der Waals surface area contributed by atoms with Crippen LogP contribution in [0.15, 0.2) is 30.3 Å². The van der Waals surface area contributed by atoms with Gasteiger partial charge in [-0.25, -0.2) is 0 Å². The number of benzene rings is 1. The van der Waals surface area contributed by atoms with E-state index in [4.69, 9.17) is 4.74 Å². The van der Waals surface area contributed by atoms with E-state index in [1.807, 2.05) is 18.2 Å². The second-order valence-corrected chi connectivity index (χ2v) is 4.70. The molecule has 0 aliphatic heterocycles. The van der Waals surface area contributed by atoms with Crippen LogP contribution in [0.5, 0.6) is 0 Å². The highest BCUT2D eigenvalue weighted by Crippen LogP contribution is 2.23. The van der Waals surface area contributed by atoms with Gasteiger partial charge in [0.05, 0.1) is 19.8 Å². The molecular weight excluding hydrogens is 200 g/mol. The van der Waals surface area contributed by atoms with Crippen LogP contribution in [-0.2, 0) is 11.3 Å². The van der Waals surface area contributed by atoms with Gasteiger partial charge in [-0.2, -0.15) is 0 Å². The molecule has 0 fully saturated rings. The van der Waals surface area contributed by atoms with Gasteiger partial charge in [-0.1, -0.05) is 50.6 Å². The van der Waals surface area contributed by atoms with Crippen LogP contribution >= 0.6 is 0 Å². The molecule has 1 rings (SSSR count). The molecule has 1 aromatic carbocycles. The van der Waals surface area contributed by atoms with Crippen molar-refractivity contribution in [1.29, 1.82) is 0 Å². The molecule has 0 bridgehead atoms. The molecule has 90 valence electrons. The van der Waals surface area contributed by atoms with Crippen molar-refractivity contribution in [2.24, 2.45) is 5.41 Å². The molecule has 0 spiro atoms. The summed E-state index contributed by atoms with van der Waals surface area (Å²) in [6, 6.07) is 10.1. The van der Waals surface area contributed by atoms with Crippen molar-refractivity contribution in [3.05, 3.63) is 35.9 Å². The summed E-state index contributed by atoms with van der Waals surface area (Å²) in [5.74, 6) is 0. The molecule has 0 saturated heterocycles. The molecule has 0 aromatic heterocycles. The second-order valence-electron chi connectivity index (χ2n) is 4.70. The molecule has 0 saturated carbocycles. The number of aliphatic hydroxyl groups is 1. The summed E-state index contributed by atoms with van der Waals surface area (Å²) in [6.45, 7) is 5.63. The maximum absolute atomic E-state index is 9.33. The Labute approximate surface area is 98.3 Å². The molecule has 1 aromatic rings. The van der Waals surface area contributed by atoms with Crippen LogP contribution in [0.25, 0.3) is 0 Å². The number of ether oxygens (including phenoxy) is 1. The Morgan fingerprint density at radius 3 is 2.50 bits per heavy atom. The van der Waals surface area contributed by atoms with E-state index in [0.717, 1.165) is 12.8 Å². The summed E-state index contributed by atoms with van der Waals surface area (Å²) >= 11 is 0. The van der Waals surface area contributed by atoms with E-state index in [9.17, 15) is 5.11 Å². The molecule has 1 unspecified atom stereocenters. The topological polar surface area (TPSA) is 29.5 Å². The van der Waals surface area contributed by atoms with Crippen molar-refractivity contribution in [3.63, 3.8) is 0 Å². The molecule has 1 N–H and O–H groups in total. The lowest BCUT2D eigenvalue weighted by atomic mass is 9.88. The molecule has 16 heavy (non-hydrogen) atoms. The SMILES string of the molecule is CCCC(C)(CO)COCc1ccccc1. The van der Waals surface area contributed by atoms with E-state index in [-0.39, 0.29) is 12.0 Å². The highest BCUT2D eigenvalue weighted by molar-refractivity contribution is 5.13. The maximum atomic E-state index is 9.33. The third kappa shape index (κ3) is 4.33. The Bertz CT molecular complexity index is 284. The average molecular weight is 222 g/mol. The first-order valence-corrected chi connectivity index (χ1v) is 5.93. The van der Waals surface area contributed by atoms with E-state index in [2.05, 4.69) is 26.0 Å².